The lowest BCUT2D eigenvalue weighted by molar-refractivity contribution is -0.136. The number of methoxy groups -OCH3 is 1. The van der Waals surface area contributed by atoms with Gasteiger partial charge in [-0.25, -0.2) is 0 Å². The molecule has 2 rings (SSSR count). The van der Waals surface area contributed by atoms with E-state index in [-0.39, 0.29) is 17.9 Å². The Balaban J connectivity index is 2.14. The minimum Gasteiger partial charge on any atom is -0.497 e. The number of amides is 2. The Morgan fingerprint density at radius 2 is 2.04 bits per heavy atom. The Labute approximate surface area is 173 Å². The number of ether oxygens (including phenoxy) is 1. The molecule has 0 radical (unpaired) electrons. The first kappa shape index (κ1) is 22.6. The molecule has 0 N–H and O–H groups in total. The lowest BCUT2D eigenvalue weighted by Crippen LogP contribution is -2.48. The van der Waals surface area contributed by atoms with Gasteiger partial charge in [-0.1, -0.05) is 19.1 Å². The number of carbonyl (C=O) groups is 2. The summed E-state index contributed by atoms with van der Waals surface area (Å²) in [6.45, 7) is 3.50. The molecule has 1 aromatic rings. The van der Waals surface area contributed by atoms with E-state index in [2.05, 4.69) is 12.1 Å². The highest BCUT2D eigenvalue weighted by molar-refractivity contribution is 7.98. The van der Waals surface area contributed by atoms with Crippen LogP contribution in [-0.2, 0) is 16.0 Å². The van der Waals surface area contributed by atoms with Gasteiger partial charge >= 0.3 is 0 Å². The molecule has 0 saturated carbocycles. The second-order valence-corrected chi connectivity index (χ2v) is 8.43. The predicted octanol–water partition coefficient (Wildman–Crippen LogP) is 3.47. The van der Waals surface area contributed by atoms with E-state index in [1.54, 1.807) is 18.9 Å². The summed E-state index contributed by atoms with van der Waals surface area (Å²) >= 11 is 1.70. The number of benzene rings is 1. The summed E-state index contributed by atoms with van der Waals surface area (Å²) in [5.41, 5.74) is 1.18. The molecule has 1 unspecified atom stereocenters. The maximum absolute atomic E-state index is 12.7. The number of likely N-dealkylation sites (N-methyl/N-ethyl adjacent to an activating group) is 1. The maximum atomic E-state index is 12.7. The van der Waals surface area contributed by atoms with Crippen LogP contribution >= 0.6 is 11.8 Å². The van der Waals surface area contributed by atoms with Crippen LogP contribution in [0.15, 0.2) is 24.3 Å². The smallest absolute Gasteiger partial charge is 0.223 e. The van der Waals surface area contributed by atoms with E-state index in [1.165, 1.54) is 5.56 Å². The van der Waals surface area contributed by atoms with Crippen molar-refractivity contribution in [3.63, 3.8) is 0 Å². The fraction of sp³-hybridized carbons (Fsp3) is 0.636. The van der Waals surface area contributed by atoms with Crippen molar-refractivity contribution in [1.82, 2.24) is 9.80 Å². The first-order valence-electron chi connectivity index (χ1n) is 10.1. The normalized spacial score (nSPS) is 15.9. The molecule has 1 fully saturated rings. The molecule has 2 amide bonds. The van der Waals surface area contributed by atoms with Crippen molar-refractivity contribution in [2.45, 2.75) is 45.1 Å². The van der Waals surface area contributed by atoms with E-state index < -0.39 is 0 Å². The molecule has 0 spiro atoms. The Morgan fingerprint density at radius 3 is 2.64 bits per heavy atom. The summed E-state index contributed by atoms with van der Waals surface area (Å²) in [5, 5.41) is 0. The van der Waals surface area contributed by atoms with Crippen molar-refractivity contribution in [2.75, 3.05) is 39.3 Å². The molecule has 6 heteroatoms. The van der Waals surface area contributed by atoms with Crippen LogP contribution in [0.3, 0.4) is 0 Å². The van der Waals surface area contributed by atoms with E-state index in [0.29, 0.717) is 18.8 Å². The van der Waals surface area contributed by atoms with Gasteiger partial charge in [-0.05, 0) is 49.1 Å². The van der Waals surface area contributed by atoms with Crippen LogP contribution in [0, 0.1) is 5.92 Å². The van der Waals surface area contributed by atoms with Crippen LogP contribution in [0.25, 0.3) is 0 Å². The Hall–Kier alpha value is -1.69. The monoisotopic (exact) mass is 406 g/mol. The van der Waals surface area contributed by atoms with Crippen molar-refractivity contribution >= 4 is 23.6 Å². The number of hydrogen-bond donors (Lipinski definition) is 0. The van der Waals surface area contributed by atoms with Gasteiger partial charge in [-0.3, -0.25) is 9.59 Å². The number of thioether (sulfide) groups is 1. The number of hydrogen-bond acceptors (Lipinski definition) is 4. The van der Waals surface area contributed by atoms with Gasteiger partial charge < -0.3 is 14.5 Å². The zero-order valence-corrected chi connectivity index (χ0v) is 18.5. The highest BCUT2D eigenvalue weighted by Gasteiger charge is 2.32. The van der Waals surface area contributed by atoms with Crippen molar-refractivity contribution in [3.05, 3.63) is 29.8 Å². The highest BCUT2D eigenvalue weighted by Crippen LogP contribution is 2.28. The van der Waals surface area contributed by atoms with Gasteiger partial charge in [-0.2, -0.15) is 11.8 Å². The van der Waals surface area contributed by atoms with Gasteiger partial charge in [0, 0.05) is 44.8 Å². The molecule has 1 aromatic carbocycles. The number of rotatable bonds is 9. The largest absolute Gasteiger partial charge is 0.497 e. The lowest BCUT2D eigenvalue weighted by Gasteiger charge is -2.40. The van der Waals surface area contributed by atoms with E-state index >= 15 is 0 Å². The van der Waals surface area contributed by atoms with Crippen LogP contribution < -0.4 is 4.74 Å². The first-order valence-corrected chi connectivity index (χ1v) is 11.5. The fourth-order valence-electron chi connectivity index (χ4n) is 3.97. The molecule has 0 bridgehead atoms. The van der Waals surface area contributed by atoms with Gasteiger partial charge in [0.1, 0.15) is 5.75 Å². The maximum Gasteiger partial charge on any atom is 0.223 e. The minimum atomic E-state index is 0.139. The SMILES string of the molecule is CCC(=O)N1CCC(C(Cc2cccc(OC)c2)N(C)C(=O)CCSC)CC1. The van der Waals surface area contributed by atoms with Crippen molar-refractivity contribution < 1.29 is 14.3 Å². The van der Waals surface area contributed by atoms with E-state index in [0.717, 1.165) is 43.9 Å². The molecular weight excluding hydrogens is 372 g/mol. The first-order chi connectivity index (χ1) is 13.5. The minimum absolute atomic E-state index is 0.139. The zero-order valence-electron chi connectivity index (χ0n) is 17.6. The van der Waals surface area contributed by atoms with Gasteiger partial charge in [0.15, 0.2) is 0 Å². The molecule has 5 nitrogen and oxygen atoms in total. The molecule has 1 aliphatic heterocycles. The Kier molecular flexibility index (Phi) is 9.16. The predicted molar refractivity (Wildman–Crippen MR) is 116 cm³/mol. The molecule has 1 aliphatic rings. The summed E-state index contributed by atoms with van der Waals surface area (Å²) in [6, 6.07) is 8.25. The lowest BCUT2D eigenvalue weighted by atomic mass is 9.84. The highest BCUT2D eigenvalue weighted by atomic mass is 32.2. The quantitative estimate of drug-likeness (QED) is 0.630. The third-order valence-electron chi connectivity index (χ3n) is 5.73. The molecule has 156 valence electrons. The van der Waals surface area contributed by atoms with Crippen LogP contribution in [0.2, 0.25) is 0 Å². The molecule has 0 aromatic heterocycles. The Bertz CT molecular complexity index is 644. The second-order valence-electron chi connectivity index (χ2n) is 7.44. The van der Waals surface area contributed by atoms with Crippen molar-refractivity contribution in [1.29, 1.82) is 0 Å². The summed E-state index contributed by atoms with van der Waals surface area (Å²) in [4.78, 5) is 28.7. The molecule has 1 saturated heterocycles. The molecule has 28 heavy (non-hydrogen) atoms. The van der Waals surface area contributed by atoms with Crippen LogP contribution in [-0.4, -0.2) is 66.9 Å². The molecule has 0 aliphatic carbocycles. The summed E-state index contributed by atoms with van der Waals surface area (Å²) in [6.07, 6.45) is 5.86. The molecule has 1 atom stereocenters. The number of piperidine rings is 1. The van der Waals surface area contributed by atoms with Crippen LogP contribution in [0.5, 0.6) is 5.75 Å². The summed E-state index contributed by atoms with van der Waals surface area (Å²) in [5.74, 6) is 2.52. The van der Waals surface area contributed by atoms with Crippen molar-refractivity contribution in [3.8, 4) is 5.75 Å². The third-order valence-corrected chi connectivity index (χ3v) is 6.34. The fourth-order valence-corrected chi connectivity index (χ4v) is 4.35. The standard InChI is InChI=1S/C22H34N2O3S/c1-5-21(25)24-12-9-18(10-13-24)20(23(2)22(26)11-14-28-4)16-17-7-6-8-19(15-17)27-3/h6-8,15,18,20H,5,9-14,16H2,1-4H3. The molecule has 1 heterocycles. The van der Waals surface area contributed by atoms with Gasteiger partial charge in [0.25, 0.3) is 0 Å². The van der Waals surface area contributed by atoms with Gasteiger partial charge in [0.05, 0.1) is 7.11 Å². The average molecular weight is 407 g/mol. The summed E-state index contributed by atoms with van der Waals surface area (Å²) < 4.78 is 5.37. The van der Waals surface area contributed by atoms with Crippen molar-refractivity contribution in [2.24, 2.45) is 5.92 Å². The second kappa shape index (κ2) is 11.3. The van der Waals surface area contributed by atoms with Crippen LogP contribution in [0.4, 0.5) is 0 Å². The van der Waals surface area contributed by atoms with Gasteiger partial charge in [0.2, 0.25) is 11.8 Å². The van der Waals surface area contributed by atoms with E-state index in [1.807, 2.05) is 42.2 Å². The van der Waals surface area contributed by atoms with Crippen LogP contribution in [0.1, 0.15) is 38.2 Å². The number of likely N-dealkylation sites (tertiary alicyclic amines) is 1. The average Bonchev–Trinajstić information content (AvgIpc) is 2.75. The zero-order chi connectivity index (χ0) is 20.5. The number of carbonyl (C=O) groups excluding carboxylic acids is 2. The van der Waals surface area contributed by atoms with E-state index in [4.69, 9.17) is 4.74 Å². The third kappa shape index (κ3) is 6.16. The Morgan fingerprint density at radius 1 is 1.32 bits per heavy atom. The molecular formula is C22H34N2O3S. The number of nitrogens with zero attached hydrogens (tertiary/aromatic N) is 2. The van der Waals surface area contributed by atoms with Gasteiger partial charge in [-0.15, -0.1) is 0 Å². The van der Waals surface area contributed by atoms with E-state index in [9.17, 15) is 9.59 Å². The summed E-state index contributed by atoms with van der Waals surface area (Å²) in [7, 11) is 3.62. The topological polar surface area (TPSA) is 49.9 Å².